The Labute approximate surface area is 133 Å². The molecule has 0 radical (unpaired) electrons. The second kappa shape index (κ2) is 5.89. The molecule has 1 N–H and O–H groups in total. The summed E-state index contributed by atoms with van der Waals surface area (Å²) in [7, 11) is 1.57. The van der Waals surface area contributed by atoms with Crippen LogP contribution in [-0.2, 0) is 9.59 Å². The molecule has 1 aromatic rings. The molecule has 0 bridgehead atoms. The predicted octanol–water partition coefficient (Wildman–Crippen LogP) is 2.43. The van der Waals surface area contributed by atoms with E-state index in [1.54, 1.807) is 7.05 Å². The summed E-state index contributed by atoms with van der Waals surface area (Å²) in [6.07, 6.45) is 3.17. The highest BCUT2D eigenvalue weighted by Crippen LogP contribution is 2.40. The lowest BCUT2D eigenvalue weighted by Crippen LogP contribution is -2.56. The molecule has 2 amide bonds. The van der Waals surface area contributed by atoms with Crippen molar-refractivity contribution in [1.29, 1.82) is 0 Å². The second-order valence-corrected chi connectivity index (χ2v) is 6.79. The Hall–Kier alpha value is -1.20. The highest BCUT2D eigenvalue weighted by Gasteiger charge is 2.37. The molecule has 1 aromatic carbocycles. The van der Waals surface area contributed by atoms with E-state index in [1.165, 1.54) is 10.5 Å². The van der Waals surface area contributed by atoms with E-state index in [2.05, 4.69) is 39.4 Å². The molecule has 21 heavy (non-hydrogen) atoms. The van der Waals surface area contributed by atoms with Gasteiger partial charge in [0.05, 0.1) is 6.04 Å². The number of carbonyl (C=O) groups excluding carboxylic acids is 2. The van der Waals surface area contributed by atoms with Crippen molar-refractivity contribution in [1.82, 2.24) is 10.2 Å². The predicted molar refractivity (Wildman–Crippen MR) is 83.8 cm³/mol. The number of hydrogen-bond donors (Lipinski definition) is 1. The van der Waals surface area contributed by atoms with Crippen molar-refractivity contribution in [3.05, 3.63) is 34.3 Å². The molecule has 1 saturated carbocycles. The lowest BCUT2D eigenvalue weighted by Gasteiger charge is -2.40. The lowest BCUT2D eigenvalue weighted by molar-refractivity contribution is -0.148. The molecule has 0 spiro atoms. The zero-order chi connectivity index (χ0) is 15.0. The van der Waals surface area contributed by atoms with Gasteiger partial charge < -0.3 is 5.32 Å². The molecule has 1 aliphatic heterocycles. The number of likely N-dealkylation sites (tertiary alicyclic amines) is 1. The fourth-order valence-corrected chi connectivity index (χ4v) is 3.78. The Balaban J connectivity index is 1.55. The molecule has 1 heterocycles. The van der Waals surface area contributed by atoms with Crippen LogP contribution in [0.15, 0.2) is 28.7 Å². The van der Waals surface area contributed by atoms with Crippen molar-refractivity contribution in [2.24, 2.45) is 0 Å². The number of likely N-dealkylation sites (N-methyl/N-ethyl adjacent to an activating group) is 1. The van der Waals surface area contributed by atoms with Crippen molar-refractivity contribution in [3.63, 3.8) is 0 Å². The van der Waals surface area contributed by atoms with Gasteiger partial charge in [0.25, 0.3) is 0 Å². The first kappa shape index (κ1) is 14.7. The highest BCUT2D eigenvalue weighted by atomic mass is 79.9. The number of nitrogens with zero attached hydrogens (tertiary/aromatic N) is 1. The van der Waals surface area contributed by atoms with E-state index in [9.17, 15) is 9.59 Å². The van der Waals surface area contributed by atoms with Gasteiger partial charge in [-0.2, -0.15) is 0 Å². The van der Waals surface area contributed by atoms with Crippen LogP contribution in [0.1, 0.15) is 37.2 Å². The fraction of sp³-hybridized carbons (Fsp3) is 0.500. The molecule has 3 rings (SSSR count). The Morgan fingerprint density at radius 3 is 2.67 bits per heavy atom. The van der Waals surface area contributed by atoms with Crippen LogP contribution in [0.3, 0.4) is 0 Å². The van der Waals surface area contributed by atoms with Crippen LogP contribution in [0.25, 0.3) is 0 Å². The van der Waals surface area contributed by atoms with Crippen molar-refractivity contribution < 1.29 is 9.59 Å². The number of amides is 2. The number of halogens is 1. The van der Waals surface area contributed by atoms with Gasteiger partial charge in [0.15, 0.2) is 0 Å². The standard InChI is InChI=1S/C16H19BrN2O2/c1-19-15(20)7-6-14(16(19)21)18-11-8-10(9-11)12-4-2-3-5-13(12)17/h2-5,10-11,14,18H,6-9H2,1H3. The molecule has 1 saturated heterocycles. The molecule has 5 heteroatoms. The normalized spacial score (nSPS) is 29.4. The minimum atomic E-state index is -0.196. The second-order valence-electron chi connectivity index (χ2n) is 5.94. The average molecular weight is 351 g/mol. The SMILES string of the molecule is CN1C(=O)CCC(NC2CC(c3ccccc3Br)C2)C1=O. The van der Waals surface area contributed by atoms with E-state index in [0.29, 0.717) is 24.8 Å². The molecular formula is C16H19BrN2O2. The first-order valence-corrected chi connectivity index (χ1v) is 8.16. The minimum Gasteiger partial charge on any atom is -0.303 e. The summed E-state index contributed by atoms with van der Waals surface area (Å²) in [5.41, 5.74) is 1.35. The smallest absolute Gasteiger partial charge is 0.246 e. The van der Waals surface area contributed by atoms with E-state index in [0.717, 1.165) is 17.3 Å². The van der Waals surface area contributed by atoms with Crippen molar-refractivity contribution in [2.45, 2.75) is 43.7 Å². The van der Waals surface area contributed by atoms with Crippen LogP contribution in [0.4, 0.5) is 0 Å². The van der Waals surface area contributed by atoms with Gasteiger partial charge in [-0.1, -0.05) is 34.1 Å². The summed E-state index contributed by atoms with van der Waals surface area (Å²) in [6, 6.07) is 8.49. The summed E-state index contributed by atoms with van der Waals surface area (Å²) in [5.74, 6) is 0.393. The van der Waals surface area contributed by atoms with Gasteiger partial charge in [0.2, 0.25) is 11.8 Å². The van der Waals surface area contributed by atoms with Crippen LogP contribution >= 0.6 is 15.9 Å². The maximum atomic E-state index is 12.1. The third-order valence-electron chi connectivity index (χ3n) is 4.57. The first-order chi connectivity index (χ1) is 10.1. The highest BCUT2D eigenvalue weighted by molar-refractivity contribution is 9.10. The molecule has 112 valence electrons. The molecular weight excluding hydrogens is 332 g/mol. The van der Waals surface area contributed by atoms with E-state index in [4.69, 9.17) is 0 Å². The Morgan fingerprint density at radius 2 is 1.95 bits per heavy atom. The summed E-state index contributed by atoms with van der Waals surface area (Å²) in [6.45, 7) is 0. The van der Waals surface area contributed by atoms with Gasteiger partial charge in [-0.25, -0.2) is 0 Å². The molecule has 2 fully saturated rings. The van der Waals surface area contributed by atoms with Gasteiger partial charge in [0, 0.05) is 24.0 Å². The maximum absolute atomic E-state index is 12.1. The van der Waals surface area contributed by atoms with E-state index in [-0.39, 0.29) is 17.9 Å². The largest absolute Gasteiger partial charge is 0.303 e. The van der Waals surface area contributed by atoms with Crippen LogP contribution < -0.4 is 5.32 Å². The average Bonchev–Trinajstić information content (AvgIpc) is 2.43. The van der Waals surface area contributed by atoms with Crippen LogP contribution in [-0.4, -0.2) is 35.8 Å². The molecule has 2 aliphatic rings. The van der Waals surface area contributed by atoms with E-state index in [1.807, 2.05) is 6.07 Å². The number of carbonyl (C=O) groups is 2. The van der Waals surface area contributed by atoms with E-state index < -0.39 is 0 Å². The third-order valence-corrected chi connectivity index (χ3v) is 5.29. The van der Waals surface area contributed by atoms with Crippen molar-refractivity contribution in [3.8, 4) is 0 Å². The first-order valence-electron chi connectivity index (χ1n) is 7.37. The topological polar surface area (TPSA) is 49.4 Å². The van der Waals surface area contributed by atoms with Gasteiger partial charge in [-0.3, -0.25) is 14.5 Å². The quantitative estimate of drug-likeness (QED) is 0.851. The number of benzene rings is 1. The zero-order valence-corrected chi connectivity index (χ0v) is 13.6. The summed E-state index contributed by atoms with van der Waals surface area (Å²) < 4.78 is 1.16. The molecule has 1 atom stereocenters. The Bertz CT molecular complexity index is 569. The number of rotatable bonds is 3. The fourth-order valence-electron chi connectivity index (χ4n) is 3.17. The molecule has 0 aromatic heterocycles. The maximum Gasteiger partial charge on any atom is 0.246 e. The van der Waals surface area contributed by atoms with Crippen molar-refractivity contribution in [2.75, 3.05) is 7.05 Å². The van der Waals surface area contributed by atoms with Crippen LogP contribution in [0, 0.1) is 0 Å². The van der Waals surface area contributed by atoms with Crippen molar-refractivity contribution >= 4 is 27.7 Å². The number of piperidine rings is 1. The van der Waals surface area contributed by atoms with Gasteiger partial charge in [-0.05, 0) is 36.8 Å². The Morgan fingerprint density at radius 1 is 1.24 bits per heavy atom. The molecule has 1 unspecified atom stereocenters. The summed E-state index contributed by atoms with van der Waals surface area (Å²) in [5, 5.41) is 3.42. The minimum absolute atomic E-state index is 0.0715. The van der Waals surface area contributed by atoms with Gasteiger partial charge in [-0.15, -0.1) is 0 Å². The van der Waals surface area contributed by atoms with E-state index >= 15 is 0 Å². The number of imide groups is 1. The monoisotopic (exact) mass is 350 g/mol. The van der Waals surface area contributed by atoms with Crippen LogP contribution in [0.5, 0.6) is 0 Å². The number of nitrogens with one attached hydrogen (secondary N) is 1. The van der Waals surface area contributed by atoms with Crippen LogP contribution in [0.2, 0.25) is 0 Å². The van der Waals surface area contributed by atoms with Gasteiger partial charge >= 0.3 is 0 Å². The van der Waals surface area contributed by atoms with Gasteiger partial charge in [0.1, 0.15) is 0 Å². The third kappa shape index (κ3) is 2.90. The summed E-state index contributed by atoms with van der Waals surface area (Å²) >= 11 is 3.60. The summed E-state index contributed by atoms with van der Waals surface area (Å²) in [4.78, 5) is 24.8. The zero-order valence-electron chi connectivity index (χ0n) is 12.0. The molecule has 4 nitrogen and oxygen atoms in total. The lowest BCUT2D eigenvalue weighted by atomic mass is 9.75. The molecule has 1 aliphatic carbocycles. The Kier molecular flexibility index (Phi) is 4.13. The number of hydrogen-bond acceptors (Lipinski definition) is 3.